The van der Waals surface area contributed by atoms with Gasteiger partial charge >= 0.3 is 0 Å². The summed E-state index contributed by atoms with van der Waals surface area (Å²) in [4.78, 5) is 0. The number of hydrogen-bond donors (Lipinski definition) is 1. The highest BCUT2D eigenvalue weighted by Gasteiger charge is 2.13. The van der Waals surface area contributed by atoms with Crippen LogP contribution in [0.15, 0.2) is 47.8 Å². The molecule has 1 aromatic heterocycles. The fraction of sp³-hybridized carbons (Fsp3) is 0.222. The molecule has 3 rings (SSSR count). The Hall–Kier alpha value is -1.64. The molecule has 0 fully saturated rings. The zero-order chi connectivity index (χ0) is 14.1. The molecule has 1 unspecified atom stereocenters. The molecule has 0 amide bonds. The minimum atomic E-state index is -0.436. The summed E-state index contributed by atoms with van der Waals surface area (Å²) in [6.07, 6.45) is 0.238. The molecule has 102 valence electrons. The van der Waals surface area contributed by atoms with Crippen LogP contribution in [0, 0.1) is 13.8 Å². The maximum atomic E-state index is 10.5. The standard InChI is InChI=1S/C18H18OS/c1-12-7-8-15(13(2)9-12)17(19)10-14-11-20-18-6-4-3-5-16(14)18/h3-9,11,17,19H,10H2,1-2H3. The third kappa shape index (κ3) is 2.49. The van der Waals surface area contributed by atoms with Gasteiger partial charge in [-0.25, -0.2) is 0 Å². The van der Waals surface area contributed by atoms with Crippen molar-refractivity contribution in [3.05, 3.63) is 70.1 Å². The van der Waals surface area contributed by atoms with Crippen LogP contribution in [0.4, 0.5) is 0 Å². The number of rotatable bonds is 3. The maximum absolute atomic E-state index is 10.5. The van der Waals surface area contributed by atoms with Gasteiger partial charge in [-0.2, -0.15) is 0 Å². The third-order valence-corrected chi connectivity index (χ3v) is 4.77. The first-order chi connectivity index (χ1) is 9.65. The van der Waals surface area contributed by atoms with Gasteiger partial charge in [-0.1, -0.05) is 42.0 Å². The van der Waals surface area contributed by atoms with Gasteiger partial charge in [0.2, 0.25) is 0 Å². The van der Waals surface area contributed by atoms with E-state index < -0.39 is 6.10 Å². The lowest BCUT2D eigenvalue weighted by atomic mass is 9.96. The highest BCUT2D eigenvalue weighted by molar-refractivity contribution is 7.17. The van der Waals surface area contributed by atoms with Crippen molar-refractivity contribution in [3.63, 3.8) is 0 Å². The smallest absolute Gasteiger partial charge is 0.0833 e. The first kappa shape index (κ1) is 13.3. The summed E-state index contributed by atoms with van der Waals surface area (Å²) < 4.78 is 1.29. The average molecular weight is 282 g/mol. The van der Waals surface area contributed by atoms with Gasteiger partial charge in [-0.05, 0) is 47.4 Å². The minimum Gasteiger partial charge on any atom is -0.388 e. The van der Waals surface area contributed by atoms with E-state index in [4.69, 9.17) is 0 Å². The molecule has 0 aliphatic rings. The van der Waals surface area contributed by atoms with Crippen LogP contribution in [0.1, 0.15) is 28.4 Å². The Morgan fingerprint density at radius 1 is 1.10 bits per heavy atom. The summed E-state index contributed by atoms with van der Waals surface area (Å²) in [5.41, 5.74) is 4.67. The molecule has 1 atom stereocenters. The summed E-state index contributed by atoms with van der Waals surface area (Å²) in [6, 6.07) is 14.6. The second-order valence-corrected chi connectivity index (χ2v) is 6.25. The second kappa shape index (κ2) is 5.39. The van der Waals surface area contributed by atoms with Crippen LogP contribution in [-0.2, 0) is 6.42 Å². The van der Waals surface area contributed by atoms with Crippen molar-refractivity contribution in [2.24, 2.45) is 0 Å². The van der Waals surface area contributed by atoms with E-state index in [1.807, 2.05) is 6.07 Å². The van der Waals surface area contributed by atoms with Gasteiger partial charge < -0.3 is 5.11 Å². The van der Waals surface area contributed by atoms with Gasteiger partial charge in [0.1, 0.15) is 0 Å². The molecule has 0 aliphatic carbocycles. The lowest BCUT2D eigenvalue weighted by Gasteiger charge is -2.14. The highest BCUT2D eigenvalue weighted by atomic mass is 32.1. The van der Waals surface area contributed by atoms with Crippen molar-refractivity contribution in [1.82, 2.24) is 0 Å². The predicted molar refractivity (Wildman–Crippen MR) is 86.4 cm³/mol. The SMILES string of the molecule is Cc1ccc(C(O)Cc2csc3ccccc23)c(C)c1. The Bertz CT molecular complexity index is 742. The molecular weight excluding hydrogens is 264 g/mol. The van der Waals surface area contributed by atoms with Crippen LogP contribution in [0.2, 0.25) is 0 Å². The summed E-state index contributed by atoms with van der Waals surface area (Å²) in [7, 11) is 0. The summed E-state index contributed by atoms with van der Waals surface area (Å²) in [5, 5.41) is 14.0. The van der Waals surface area contributed by atoms with Crippen LogP contribution < -0.4 is 0 Å². The van der Waals surface area contributed by atoms with E-state index in [1.165, 1.54) is 21.2 Å². The third-order valence-electron chi connectivity index (χ3n) is 3.76. The zero-order valence-corrected chi connectivity index (χ0v) is 12.6. The van der Waals surface area contributed by atoms with Gasteiger partial charge in [0.15, 0.2) is 0 Å². The van der Waals surface area contributed by atoms with Crippen LogP contribution in [-0.4, -0.2) is 5.11 Å². The monoisotopic (exact) mass is 282 g/mol. The van der Waals surface area contributed by atoms with Crippen molar-refractivity contribution in [3.8, 4) is 0 Å². The quantitative estimate of drug-likeness (QED) is 0.732. The zero-order valence-electron chi connectivity index (χ0n) is 11.8. The Labute approximate surface area is 123 Å². The van der Waals surface area contributed by atoms with Gasteiger partial charge in [0.05, 0.1) is 6.10 Å². The number of hydrogen-bond acceptors (Lipinski definition) is 2. The fourth-order valence-electron chi connectivity index (χ4n) is 2.71. The lowest BCUT2D eigenvalue weighted by molar-refractivity contribution is 0.178. The summed E-state index contributed by atoms with van der Waals surface area (Å²) >= 11 is 1.75. The first-order valence-electron chi connectivity index (χ1n) is 6.85. The number of thiophene rings is 1. The highest BCUT2D eigenvalue weighted by Crippen LogP contribution is 2.30. The van der Waals surface area contributed by atoms with Crippen molar-refractivity contribution in [2.75, 3.05) is 0 Å². The molecule has 0 radical (unpaired) electrons. The van der Waals surface area contributed by atoms with E-state index in [-0.39, 0.29) is 0 Å². The molecular formula is C18H18OS. The fourth-order valence-corrected chi connectivity index (χ4v) is 3.68. The van der Waals surface area contributed by atoms with Crippen LogP contribution >= 0.6 is 11.3 Å². The van der Waals surface area contributed by atoms with Crippen molar-refractivity contribution < 1.29 is 5.11 Å². The summed E-state index contributed by atoms with van der Waals surface area (Å²) in [6.45, 7) is 4.15. The molecule has 0 saturated heterocycles. The van der Waals surface area contributed by atoms with Crippen molar-refractivity contribution in [1.29, 1.82) is 0 Å². The van der Waals surface area contributed by atoms with E-state index in [1.54, 1.807) is 11.3 Å². The minimum absolute atomic E-state index is 0.436. The molecule has 2 aromatic carbocycles. The van der Waals surface area contributed by atoms with Crippen molar-refractivity contribution in [2.45, 2.75) is 26.4 Å². The molecule has 2 heteroatoms. The topological polar surface area (TPSA) is 20.2 Å². The molecule has 3 aromatic rings. The number of fused-ring (bicyclic) bond motifs is 1. The number of aliphatic hydroxyl groups excluding tert-OH is 1. The normalized spacial score (nSPS) is 12.8. The molecule has 0 bridgehead atoms. The van der Waals surface area contributed by atoms with Crippen molar-refractivity contribution >= 4 is 21.4 Å². The molecule has 20 heavy (non-hydrogen) atoms. The second-order valence-electron chi connectivity index (χ2n) is 5.34. The number of aliphatic hydroxyl groups is 1. The van der Waals surface area contributed by atoms with Crippen LogP contribution in [0.25, 0.3) is 10.1 Å². The molecule has 0 aliphatic heterocycles. The Morgan fingerprint density at radius 2 is 1.90 bits per heavy atom. The van der Waals surface area contributed by atoms with E-state index in [9.17, 15) is 5.11 Å². The van der Waals surface area contributed by atoms with Gasteiger partial charge in [0.25, 0.3) is 0 Å². The van der Waals surface area contributed by atoms with Gasteiger partial charge in [-0.3, -0.25) is 0 Å². The van der Waals surface area contributed by atoms with E-state index in [0.717, 1.165) is 11.1 Å². The molecule has 0 spiro atoms. The number of aryl methyl sites for hydroxylation is 2. The van der Waals surface area contributed by atoms with Gasteiger partial charge in [-0.15, -0.1) is 11.3 Å². The van der Waals surface area contributed by atoms with E-state index in [0.29, 0.717) is 6.42 Å². The Kier molecular flexibility index (Phi) is 3.60. The van der Waals surface area contributed by atoms with Crippen LogP contribution in [0.3, 0.4) is 0 Å². The maximum Gasteiger partial charge on any atom is 0.0833 e. The molecule has 1 heterocycles. The average Bonchev–Trinajstić information content (AvgIpc) is 2.82. The molecule has 1 nitrogen and oxygen atoms in total. The molecule has 1 N–H and O–H groups in total. The van der Waals surface area contributed by atoms with Gasteiger partial charge in [0, 0.05) is 11.1 Å². The van der Waals surface area contributed by atoms with E-state index in [2.05, 4.69) is 55.6 Å². The van der Waals surface area contributed by atoms with Crippen LogP contribution in [0.5, 0.6) is 0 Å². The van der Waals surface area contributed by atoms with E-state index >= 15 is 0 Å². The predicted octanol–water partition coefficient (Wildman–Crippen LogP) is 4.79. The summed E-state index contributed by atoms with van der Waals surface area (Å²) in [5.74, 6) is 0. The Morgan fingerprint density at radius 3 is 2.70 bits per heavy atom. The Balaban J connectivity index is 1.90. The first-order valence-corrected chi connectivity index (χ1v) is 7.73. The number of benzene rings is 2. The molecule has 0 saturated carbocycles. The lowest BCUT2D eigenvalue weighted by Crippen LogP contribution is -2.03. The largest absolute Gasteiger partial charge is 0.388 e.